The highest BCUT2D eigenvalue weighted by Crippen LogP contribution is 2.30. The number of piperazine rings is 1. The second-order valence-electron chi connectivity index (χ2n) is 9.93. The molecule has 11 heteroatoms. The number of rotatable bonds is 7. The van der Waals surface area contributed by atoms with E-state index in [0.717, 1.165) is 36.3 Å². The van der Waals surface area contributed by atoms with Crippen LogP contribution in [0, 0.1) is 17.1 Å². The van der Waals surface area contributed by atoms with Gasteiger partial charge < -0.3 is 20.1 Å². The summed E-state index contributed by atoms with van der Waals surface area (Å²) in [6, 6.07) is 10.7. The van der Waals surface area contributed by atoms with Crippen molar-refractivity contribution in [3.63, 3.8) is 0 Å². The number of nitrogens with zero attached hydrogens (tertiary/aromatic N) is 3. The Hall–Kier alpha value is -3.47. The molecule has 0 radical (unpaired) electrons. The van der Waals surface area contributed by atoms with Crippen LogP contribution in [0.15, 0.2) is 47.4 Å². The summed E-state index contributed by atoms with van der Waals surface area (Å²) in [6.07, 6.45) is 1.68. The summed E-state index contributed by atoms with van der Waals surface area (Å²) < 4.78 is 40.9. The van der Waals surface area contributed by atoms with Crippen LogP contribution in [0.25, 0.3) is 0 Å². The van der Waals surface area contributed by atoms with Crippen LogP contribution in [0.2, 0.25) is 0 Å². The van der Waals surface area contributed by atoms with E-state index in [1.54, 1.807) is 24.3 Å². The van der Waals surface area contributed by atoms with E-state index < -0.39 is 21.8 Å². The zero-order valence-electron chi connectivity index (χ0n) is 21.9. The molecule has 2 atom stereocenters. The summed E-state index contributed by atoms with van der Waals surface area (Å²) in [6.45, 7) is 7.84. The first-order valence-electron chi connectivity index (χ1n) is 12.8. The molecule has 1 unspecified atom stereocenters. The number of hydrogen-bond acceptors (Lipinski definition) is 7. The number of aryl methyl sites for hydroxylation is 1. The number of halogens is 1. The largest absolute Gasteiger partial charge is 0.368 e. The predicted octanol–water partition coefficient (Wildman–Crippen LogP) is 2.80. The fourth-order valence-electron chi connectivity index (χ4n) is 4.89. The molecule has 38 heavy (non-hydrogen) atoms. The Balaban J connectivity index is 1.35. The number of carbonyl (C=O) groups is 2. The van der Waals surface area contributed by atoms with E-state index in [1.165, 1.54) is 32.0 Å². The van der Waals surface area contributed by atoms with Gasteiger partial charge in [-0.05, 0) is 81.6 Å². The second kappa shape index (κ2) is 11.1. The summed E-state index contributed by atoms with van der Waals surface area (Å²) >= 11 is 0. The summed E-state index contributed by atoms with van der Waals surface area (Å²) in [5, 5.41) is 7.54. The van der Waals surface area contributed by atoms with Crippen molar-refractivity contribution in [2.45, 2.75) is 44.6 Å². The summed E-state index contributed by atoms with van der Waals surface area (Å²) in [4.78, 5) is 31.4. The third-order valence-electron chi connectivity index (χ3n) is 7.40. The highest BCUT2D eigenvalue weighted by Gasteiger charge is 2.31. The van der Waals surface area contributed by atoms with E-state index >= 15 is 0 Å². The van der Waals surface area contributed by atoms with Crippen LogP contribution in [0.3, 0.4) is 0 Å². The summed E-state index contributed by atoms with van der Waals surface area (Å²) in [7, 11) is -4.04. The Kier molecular flexibility index (Phi) is 8.05. The molecule has 9 nitrogen and oxygen atoms in total. The number of amides is 2. The van der Waals surface area contributed by atoms with E-state index in [-0.39, 0.29) is 28.4 Å². The van der Waals surface area contributed by atoms with Gasteiger partial charge in [0.25, 0.3) is 10.0 Å². The average molecular weight is 544 g/mol. The SMILES string of the molecule is CC(=N)C(C)C(=O)NS(=O)(=O)c1ccc(N2CCN(C(=O)[C@@H](C)N3CCCc4cc(F)ccc43)CC2)cc1. The molecule has 0 spiro atoms. The molecule has 0 bridgehead atoms. The van der Waals surface area contributed by atoms with E-state index in [4.69, 9.17) is 5.41 Å². The van der Waals surface area contributed by atoms with Gasteiger partial charge in [0, 0.05) is 49.8 Å². The second-order valence-corrected chi connectivity index (χ2v) is 11.6. The minimum Gasteiger partial charge on any atom is -0.368 e. The van der Waals surface area contributed by atoms with Crippen molar-refractivity contribution in [1.82, 2.24) is 9.62 Å². The van der Waals surface area contributed by atoms with Gasteiger partial charge in [-0.3, -0.25) is 9.59 Å². The maximum absolute atomic E-state index is 13.7. The molecule has 2 aromatic carbocycles. The van der Waals surface area contributed by atoms with Gasteiger partial charge in [0.2, 0.25) is 11.8 Å². The normalized spacial score (nSPS) is 17.4. The molecule has 2 heterocycles. The zero-order valence-corrected chi connectivity index (χ0v) is 22.7. The number of anilines is 2. The molecule has 2 aromatic rings. The first kappa shape index (κ1) is 27.6. The maximum atomic E-state index is 13.7. The fraction of sp³-hybridized carbons (Fsp3) is 0.444. The van der Waals surface area contributed by atoms with Crippen molar-refractivity contribution < 1.29 is 22.4 Å². The van der Waals surface area contributed by atoms with Crippen molar-refractivity contribution in [2.75, 3.05) is 42.5 Å². The highest BCUT2D eigenvalue weighted by atomic mass is 32.2. The fourth-order valence-corrected chi connectivity index (χ4v) is 5.95. The molecule has 2 N–H and O–H groups in total. The first-order valence-corrected chi connectivity index (χ1v) is 14.3. The van der Waals surface area contributed by atoms with Crippen molar-refractivity contribution in [2.24, 2.45) is 5.92 Å². The number of benzene rings is 2. The van der Waals surface area contributed by atoms with E-state index in [1.807, 2.05) is 16.5 Å². The van der Waals surface area contributed by atoms with Crippen molar-refractivity contribution >= 4 is 38.9 Å². The molecule has 0 aromatic heterocycles. The van der Waals surface area contributed by atoms with Gasteiger partial charge in [-0.2, -0.15) is 0 Å². The minimum absolute atomic E-state index is 0.0335. The number of hydrogen-bond donors (Lipinski definition) is 2. The van der Waals surface area contributed by atoms with Crippen LogP contribution >= 0.6 is 0 Å². The van der Waals surface area contributed by atoms with Crippen LogP contribution in [0.1, 0.15) is 32.8 Å². The monoisotopic (exact) mass is 543 g/mol. The lowest BCUT2D eigenvalue weighted by Gasteiger charge is -2.41. The number of fused-ring (bicyclic) bond motifs is 1. The Morgan fingerprint density at radius 1 is 1.00 bits per heavy atom. The molecule has 1 fully saturated rings. The van der Waals surface area contributed by atoms with Crippen molar-refractivity contribution in [3.05, 3.63) is 53.8 Å². The highest BCUT2D eigenvalue weighted by molar-refractivity contribution is 7.90. The van der Waals surface area contributed by atoms with E-state index in [0.29, 0.717) is 26.2 Å². The van der Waals surface area contributed by atoms with E-state index in [9.17, 15) is 22.4 Å². The number of nitrogens with one attached hydrogen (secondary N) is 2. The van der Waals surface area contributed by atoms with Gasteiger partial charge in [-0.15, -0.1) is 0 Å². The van der Waals surface area contributed by atoms with Crippen molar-refractivity contribution in [3.8, 4) is 0 Å². The third kappa shape index (κ3) is 5.82. The van der Waals surface area contributed by atoms with Crippen LogP contribution in [0.4, 0.5) is 15.8 Å². The lowest BCUT2D eigenvalue weighted by molar-refractivity contribution is -0.132. The molecule has 0 saturated carbocycles. The molecule has 4 rings (SSSR count). The standard InChI is InChI=1S/C27H34FN5O4S/c1-18(19(2)29)26(34)30-38(36,37)24-9-7-23(8-10-24)31-13-15-32(16-14-31)27(35)20(3)33-12-4-5-21-17-22(28)6-11-25(21)33/h6-11,17-18,20,29H,4-5,12-16H2,1-3H3,(H,30,34)/t18?,20-/m1/s1. The van der Waals surface area contributed by atoms with Gasteiger partial charge in [0.15, 0.2) is 0 Å². The Labute approximate surface area is 223 Å². The maximum Gasteiger partial charge on any atom is 0.264 e. The minimum atomic E-state index is -4.04. The number of sulfonamides is 1. The lowest BCUT2D eigenvalue weighted by atomic mass is 9.99. The van der Waals surface area contributed by atoms with Gasteiger partial charge in [-0.25, -0.2) is 17.5 Å². The van der Waals surface area contributed by atoms with E-state index in [2.05, 4.69) is 9.80 Å². The topological polar surface area (TPSA) is 114 Å². The Morgan fingerprint density at radius 3 is 2.29 bits per heavy atom. The van der Waals surface area contributed by atoms with Gasteiger partial charge >= 0.3 is 0 Å². The molecule has 2 aliphatic rings. The summed E-state index contributed by atoms with van der Waals surface area (Å²) in [5.41, 5.74) is 2.76. The average Bonchev–Trinajstić information content (AvgIpc) is 2.91. The number of carbonyl (C=O) groups excluding carboxylic acids is 2. The lowest BCUT2D eigenvalue weighted by Crippen LogP contribution is -2.55. The third-order valence-corrected chi connectivity index (χ3v) is 8.76. The van der Waals surface area contributed by atoms with Crippen LogP contribution < -0.4 is 14.5 Å². The van der Waals surface area contributed by atoms with Gasteiger partial charge in [0.05, 0.1) is 10.8 Å². The molecule has 0 aliphatic carbocycles. The summed E-state index contributed by atoms with van der Waals surface area (Å²) in [5.74, 6) is -1.80. The van der Waals surface area contributed by atoms with Crippen LogP contribution in [-0.2, 0) is 26.0 Å². The zero-order chi connectivity index (χ0) is 27.6. The smallest absolute Gasteiger partial charge is 0.264 e. The van der Waals surface area contributed by atoms with Crippen LogP contribution in [-0.4, -0.2) is 69.6 Å². The quantitative estimate of drug-likeness (QED) is 0.520. The van der Waals surface area contributed by atoms with Crippen LogP contribution in [0.5, 0.6) is 0 Å². The predicted molar refractivity (Wildman–Crippen MR) is 145 cm³/mol. The molecular formula is C27H34FN5O4S. The molecule has 1 saturated heterocycles. The molecule has 2 aliphatic heterocycles. The van der Waals surface area contributed by atoms with Crippen molar-refractivity contribution in [1.29, 1.82) is 5.41 Å². The first-order chi connectivity index (χ1) is 18.0. The molecular weight excluding hydrogens is 509 g/mol. The Morgan fingerprint density at radius 2 is 1.66 bits per heavy atom. The molecule has 204 valence electrons. The molecule has 2 amide bonds. The van der Waals surface area contributed by atoms with Gasteiger partial charge in [0.1, 0.15) is 11.9 Å². The Bertz CT molecular complexity index is 1320. The van der Waals surface area contributed by atoms with Gasteiger partial charge in [-0.1, -0.05) is 0 Å².